The molecule has 1 heterocycles. The van der Waals surface area contributed by atoms with Gasteiger partial charge in [0.05, 0.1) is 6.10 Å². The van der Waals surface area contributed by atoms with Crippen molar-refractivity contribution >= 4 is 6.09 Å². The van der Waals surface area contributed by atoms with Gasteiger partial charge in [-0.05, 0) is 58.3 Å². The molecule has 2 rings (SSSR count). The minimum Gasteiger partial charge on any atom is -0.444 e. The van der Waals surface area contributed by atoms with Crippen molar-refractivity contribution in [2.45, 2.75) is 78.0 Å². The Morgan fingerprint density at radius 3 is 2.48 bits per heavy atom. The van der Waals surface area contributed by atoms with Gasteiger partial charge in [-0.25, -0.2) is 4.79 Å². The third kappa shape index (κ3) is 3.91. The van der Waals surface area contributed by atoms with Crippen LogP contribution in [0, 0.1) is 17.8 Å². The molecule has 21 heavy (non-hydrogen) atoms. The van der Waals surface area contributed by atoms with Crippen molar-refractivity contribution in [3.8, 4) is 0 Å². The number of hydrogen-bond donors (Lipinski definition) is 1. The molecule has 5 unspecified atom stereocenters. The summed E-state index contributed by atoms with van der Waals surface area (Å²) >= 11 is 0. The predicted octanol–water partition coefficient (Wildman–Crippen LogP) is 3.43. The highest BCUT2D eigenvalue weighted by atomic mass is 16.6. The van der Waals surface area contributed by atoms with Gasteiger partial charge in [-0.1, -0.05) is 13.8 Å². The number of likely N-dealkylation sites (tertiary alicyclic amines) is 1. The first-order valence-electron chi connectivity index (χ1n) is 8.36. The van der Waals surface area contributed by atoms with E-state index in [0.29, 0.717) is 11.8 Å². The van der Waals surface area contributed by atoms with Crippen LogP contribution in [0.2, 0.25) is 0 Å². The van der Waals surface area contributed by atoms with Gasteiger partial charge in [0, 0.05) is 18.5 Å². The zero-order chi connectivity index (χ0) is 15.8. The number of hydrogen-bond acceptors (Lipinski definition) is 3. The smallest absolute Gasteiger partial charge is 0.410 e. The number of carbonyl (C=O) groups is 1. The number of rotatable bonds is 1. The molecule has 0 spiro atoms. The summed E-state index contributed by atoms with van der Waals surface area (Å²) in [4.78, 5) is 14.3. The van der Waals surface area contributed by atoms with E-state index in [9.17, 15) is 9.90 Å². The summed E-state index contributed by atoms with van der Waals surface area (Å²) in [6, 6.07) is 0.136. The summed E-state index contributed by atoms with van der Waals surface area (Å²) in [5.41, 5.74) is -0.463. The standard InChI is InChI=1S/C17H31NO3/c1-11-9-12(2)15(14(19)10-11)13-7-6-8-18(13)16(20)21-17(3,4)5/h11-15,19H,6-10H2,1-5H3. The van der Waals surface area contributed by atoms with Crippen molar-refractivity contribution in [2.75, 3.05) is 6.54 Å². The Bertz CT molecular complexity index is 365. The summed E-state index contributed by atoms with van der Waals surface area (Å²) in [6.07, 6.45) is 3.48. The molecule has 2 aliphatic rings. The number of ether oxygens (including phenoxy) is 1. The van der Waals surface area contributed by atoms with E-state index < -0.39 is 5.60 Å². The Labute approximate surface area is 128 Å². The zero-order valence-corrected chi connectivity index (χ0v) is 14.1. The molecule has 0 aromatic heterocycles. The highest BCUT2D eigenvalue weighted by molar-refractivity contribution is 5.69. The molecule has 1 aliphatic heterocycles. The Morgan fingerprint density at radius 1 is 1.24 bits per heavy atom. The van der Waals surface area contributed by atoms with Crippen LogP contribution in [0.4, 0.5) is 4.79 Å². The van der Waals surface area contributed by atoms with Crippen LogP contribution in [0.1, 0.15) is 60.3 Å². The van der Waals surface area contributed by atoms with Crippen molar-refractivity contribution < 1.29 is 14.6 Å². The highest BCUT2D eigenvalue weighted by Gasteiger charge is 2.44. The van der Waals surface area contributed by atoms with E-state index in [1.165, 1.54) is 0 Å². The Kier molecular flexibility index (Phi) is 4.86. The third-order valence-corrected chi connectivity index (χ3v) is 4.89. The van der Waals surface area contributed by atoms with Crippen LogP contribution >= 0.6 is 0 Å². The van der Waals surface area contributed by atoms with Gasteiger partial charge in [0.1, 0.15) is 5.60 Å². The lowest BCUT2D eigenvalue weighted by Gasteiger charge is -2.43. The predicted molar refractivity (Wildman–Crippen MR) is 83.0 cm³/mol. The normalized spacial score (nSPS) is 37.6. The van der Waals surface area contributed by atoms with Gasteiger partial charge in [0.15, 0.2) is 0 Å². The van der Waals surface area contributed by atoms with E-state index in [1.807, 2.05) is 25.7 Å². The number of carbonyl (C=O) groups excluding carboxylic acids is 1. The first-order valence-corrected chi connectivity index (χ1v) is 8.36. The summed E-state index contributed by atoms with van der Waals surface area (Å²) in [5.74, 6) is 1.22. The van der Waals surface area contributed by atoms with Crippen LogP contribution < -0.4 is 0 Å². The quantitative estimate of drug-likeness (QED) is 0.806. The number of aliphatic hydroxyl groups is 1. The molecule has 0 aromatic carbocycles. The van der Waals surface area contributed by atoms with Gasteiger partial charge in [0.2, 0.25) is 0 Å². The van der Waals surface area contributed by atoms with Gasteiger partial charge in [-0.2, -0.15) is 0 Å². The van der Waals surface area contributed by atoms with Crippen LogP contribution in [-0.2, 0) is 4.74 Å². The molecule has 4 heteroatoms. The van der Waals surface area contributed by atoms with Gasteiger partial charge >= 0.3 is 6.09 Å². The van der Waals surface area contributed by atoms with E-state index in [2.05, 4.69) is 13.8 Å². The van der Waals surface area contributed by atoms with Crippen molar-refractivity contribution in [1.29, 1.82) is 0 Å². The average Bonchev–Trinajstić information content (AvgIpc) is 2.74. The average molecular weight is 297 g/mol. The lowest BCUT2D eigenvalue weighted by atomic mass is 9.70. The zero-order valence-electron chi connectivity index (χ0n) is 14.1. The fraction of sp³-hybridized carbons (Fsp3) is 0.941. The largest absolute Gasteiger partial charge is 0.444 e. The molecule has 1 N–H and O–H groups in total. The van der Waals surface area contributed by atoms with Crippen LogP contribution in [0.3, 0.4) is 0 Å². The van der Waals surface area contributed by atoms with Gasteiger partial charge in [-0.3, -0.25) is 0 Å². The van der Waals surface area contributed by atoms with Gasteiger partial charge < -0.3 is 14.7 Å². The van der Waals surface area contributed by atoms with Gasteiger partial charge in [-0.15, -0.1) is 0 Å². The van der Waals surface area contributed by atoms with E-state index in [0.717, 1.165) is 32.2 Å². The maximum atomic E-state index is 12.4. The molecule has 1 saturated heterocycles. The molecule has 0 bridgehead atoms. The maximum absolute atomic E-state index is 12.4. The Morgan fingerprint density at radius 2 is 1.90 bits per heavy atom. The summed E-state index contributed by atoms with van der Waals surface area (Å²) in [6.45, 7) is 10.9. The van der Waals surface area contributed by atoms with E-state index in [1.54, 1.807) is 0 Å². The molecule has 0 aromatic rings. The monoisotopic (exact) mass is 297 g/mol. The van der Waals surface area contributed by atoms with Gasteiger partial charge in [0.25, 0.3) is 0 Å². The summed E-state index contributed by atoms with van der Waals surface area (Å²) in [5, 5.41) is 10.5. The minimum atomic E-state index is -0.463. The highest BCUT2D eigenvalue weighted by Crippen LogP contribution is 2.40. The maximum Gasteiger partial charge on any atom is 0.410 e. The molecule has 4 nitrogen and oxygen atoms in total. The topological polar surface area (TPSA) is 49.8 Å². The lowest BCUT2D eigenvalue weighted by molar-refractivity contribution is -0.0329. The molecule has 1 amide bonds. The summed E-state index contributed by atoms with van der Waals surface area (Å²) in [7, 11) is 0. The fourth-order valence-electron chi connectivity index (χ4n) is 4.21. The van der Waals surface area contributed by atoms with E-state index in [4.69, 9.17) is 4.74 Å². The molecule has 0 radical (unpaired) electrons. The van der Waals surface area contributed by atoms with Crippen LogP contribution in [0.5, 0.6) is 0 Å². The fourth-order valence-corrected chi connectivity index (χ4v) is 4.21. The first-order chi connectivity index (χ1) is 9.69. The molecular weight excluding hydrogens is 266 g/mol. The Balaban J connectivity index is 2.09. The first kappa shape index (κ1) is 16.6. The van der Waals surface area contributed by atoms with Crippen molar-refractivity contribution in [2.24, 2.45) is 17.8 Å². The number of aliphatic hydroxyl groups excluding tert-OH is 1. The SMILES string of the molecule is CC1CC(C)C(C2CCCN2C(=O)OC(C)(C)C)C(O)C1. The third-order valence-electron chi connectivity index (χ3n) is 4.89. The van der Waals surface area contributed by atoms with E-state index in [-0.39, 0.29) is 24.2 Å². The molecule has 5 atom stereocenters. The van der Waals surface area contributed by atoms with Crippen LogP contribution in [0.15, 0.2) is 0 Å². The summed E-state index contributed by atoms with van der Waals surface area (Å²) < 4.78 is 5.54. The van der Waals surface area contributed by atoms with Crippen molar-refractivity contribution in [1.82, 2.24) is 4.90 Å². The van der Waals surface area contributed by atoms with Crippen molar-refractivity contribution in [3.63, 3.8) is 0 Å². The van der Waals surface area contributed by atoms with E-state index >= 15 is 0 Å². The minimum absolute atomic E-state index is 0.136. The second-order valence-electron chi connectivity index (χ2n) is 8.08. The molecule has 1 aliphatic carbocycles. The lowest BCUT2D eigenvalue weighted by Crippen LogP contribution is -2.50. The molecular formula is C17H31NO3. The number of nitrogens with zero attached hydrogens (tertiary/aromatic N) is 1. The van der Waals surface area contributed by atoms with Crippen molar-refractivity contribution in [3.05, 3.63) is 0 Å². The second kappa shape index (κ2) is 6.15. The second-order valence-corrected chi connectivity index (χ2v) is 8.08. The Hall–Kier alpha value is -0.770. The van der Waals surface area contributed by atoms with Crippen LogP contribution in [0.25, 0.3) is 0 Å². The molecule has 122 valence electrons. The molecule has 2 fully saturated rings. The molecule has 1 saturated carbocycles. The van der Waals surface area contributed by atoms with Crippen LogP contribution in [-0.4, -0.2) is 40.4 Å². The number of amides is 1.